The van der Waals surface area contributed by atoms with E-state index in [-0.39, 0.29) is 24.3 Å². The third-order valence-electron chi connectivity index (χ3n) is 3.63. The topological polar surface area (TPSA) is 49.3 Å². The summed E-state index contributed by atoms with van der Waals surface area (Å²) in [6.45, 7) is 0.816. The Morgan fingerprint density at radius 2 is 2.11 bits per heavy atom. The third-order valence-corrected chi connectivity index (χ3v) is 4.21. The Morgan fingerprint density at radius 1 is 1.37 bits per heavy atom. The number of carbonyl (C=O) groups excluding carboxylic acids is 1. The highest BCUT2D eigenvalue weighted by Crippen LogP contribution is 2.47. The smallest absolute Gasteiger partial charge is 0.224 e. The van der Waals surface area contributed by atoms with Gasteiger partial charge in [-0.3, -0.25) is 4.79 Å². The Kier molecular flexibility index (Phi) is 4.71. The summed E-state index contributed by atoms with van der Waals surface area (Å²) in [4.78, 5) is 11.9. The number of hydrogen-bond acceptors (Lipinski definition) is 2. The van der Waals surface area contributed by atoms with Crippen LogP contribution in [0.25, 0.3) is 0 Å². The van der Waals surface area contributed by atoms with Crippen LogP contribution in [0.3, 0.4) is 0 Å². The molecule has 0 saturated heterocycles. The molecule has 1 fully saturated rings. The molecule has 0 unspecified atom stereocenters. The van der Waals surface area contributed by atoms with E-state index >= 15 is 0 Å². The maximum Gasteiger partial charge on any atom is 0.224 e. The van der Waals surface area contributed by atoms with Crippen molar-refractivity contribution >= 4 is 29.1 Å². The summed E-state index contributed by atoms with van der Waals surface area (Å²) >= 11 is 11.8. The number of halogens is 2. The molecule has 1 aromatic carbocycles. The van der Waals surface area contributed by atoms with E-state index in [2.05, 4.69) is 5.32 Å². The van der Waals surface area contributed by atoms with Crippen LogP contribution in [-0.2, 0) is 11.2 Å². The summed E-state index contributed by atoms with van der Waals surface area (Å²) in [7, 11) is 0. The molecule has 5 heteroatoms. The van der Waals surface area contributed by atoms with E-state index in [0.29, 0.717) is 16.6 Å². The van der Waals surface area contributed by atoms with Gasteiger partial charge >= 0.3 is 0 Å². The molecule has 1 aliphatic rings. The fourth-order valence-electron chi connectivity index (χ4n) is 2.12. The van der Waals surface area contributed by atoms with Crippen LogP contribution < -0.4 is 5.32 Å². The van der Waals surface area contributed by atoms with E-state index in [1.807, 2.05) is 0 Å². The lowest BCUT2D eigenvalue weighted by Gasteiger charge is -2.14. The SMILES string of the molecule is O=C(Cc1ccc(Cl)cc1Cl)NCC1(CCO)CC1. The molecule has 0 aromatic heterocycles. The minimum atomic E-state index is -0.0477. The number of benzene rings is 1. The third kappa shape index (κ3) is 4.10. The number of rotatable bonds is 6. The molecule has 0 spiro atoms. The van der Waals surface area contributed by atoms with Gasteiger partial charge in [0, 0.05) is 23.2 Å². The highest BCUT2D eigenvalue weighted by molar-refractivity contribution is 6.35. The quantitative estimate of drug-likeness (QED) is 0.849. The number of carbonyl (C=O) groups is 1. The normalized spacial score (nSPS) is 16.2. The standard InChI is InChI=1S/C14H17Cl2NO2/c15-11-2-1-10(12(16)8-11)7-13(19)17-9-14(3-4-14)5-6-18/h1-2,8,18H,3-7,9H2,(H,17,19). The van der Waals surface area contributed by atoms with Gasteiger partial charge in [0.2, 0.25) is 5.91 Å². The Balaban J connectivity index is 1.84. The molecule has 0 heterocycles. The van der Waals surface area contributed by atoms with Crippen LogP contribution in [0.4, 0.5) is 0 Å². The second kappa shape index (κ2) is 6.12. The van der Waals surface area contributed by atoms with Crippen molar-refractivity contribution in [2.24, 2.45) is 5.41 Å². The fourth-order valence-corrected chi connectivity index (χ4v) is 2.59. The first-order valence-corrected chi connectivity index (χ1v) is 7.12. The van der Waals surface area contributed by atoms with Crippen LogP contribution in [-0.4, -0.2) is 24.2 Å². The first kappa shape index (κ1) is 14.6. The van der Waals surface area contributed by atoms with Gasteiger partial charge in [0.15, 0.2) is 0 Å². The van der Waals surface area contributed by atoms with Crippen LogP contribution in [0.2, 0.25) is 10.0 Å². The molecule has 0 bridgehead atoms. The predicted molar refractivity (Wildman–Crippen MR) is 76.5 cm³/mol. The first-order chi connectivity index (χ1) is 9.04. The maximum atomic E-state index is 11.9. The number of hydrogen-bond donors (Lipinski definition) is 2. The molecule has 2 rings (SSSR count). The van der Waals surface area contributed by atoms with Gasteiger partial charge in [-0.05, 0) is 42.4 Å². The van der Waals surface area contributed by atoms with Crippen molar-refractivity contribution in [2.75, 3.05) is 13.2 Å². The lowest BCUT2D eigenvalue weighted by Crippen LogP contribution is -2.31. The van der Waals surface area contributed by atoms with E-state index in [4.69, 9.17) is 28.3 Å². The van der Waals surface area contributed by atoms with Crippen molar-refractivity contribution in [2.45, 2.75) is 25.7 Å². The zero-order valence-corrected chi connectivity index (χ0v) is 12.1. The van der Waals surface area contributed by atoms with E-state index in [0.717, 1.165) is 24.8 Å². The highest BCUT2D eigenvalue weighted by Gasteiger charge is 2.41. The fraction of sp³-hybridized carbons (Fsp3) is 0.500. The zero-order valence-electron chi connectivity index (χ0n) is 10.6. The molecule has 19 heavy (non-hydrogen) atoms. The van der Waals surface area contributed by atoms with Crippen LogP contribution in [0.5, 0.6) is 0 Å². The van der Waals surface area contributed by atoms with Crippen LogP contribution in [0, 0.1) is 5.41 Å². The summed E-state index contributed by atoms with van der Waals surface area (Å²) in [6, 6.07) is 5.13. The molecular formula is C14H17Cl2NO2. The maximum absolute atomic E-state index is 11.9. The van der Waals surface area contributed by atoms with Gasteiger partial charge in [-0.1, -0.05) is 29.3 Å². The summed E-state index contributed by atoms with van der Waals surface area (Å²) in [6.07, 6.45) is 3.17. The minimum absolute atomic E-state index is 0.0477. The lowest BCUT2D eigenvalue weighted by atomic mass is 10.0. The Labute approximate surface area is 122 Å². The van der Waals surface area contributed by atoms with E-state index in [1.165, 1.54) is 0 Å². The monoisotopic (exact) mass is 301 g/mol. The average molecular weight is 302 g/mol. The van der Waals surface area contributed by atoms with E-state index in [1.54, 1.807) is 18.2 Å². The number of aliphatic hydroxyl groups is 1. The number of nitrogens with one attached hydrogen (secondary N) is 1. The minimum Gasteiger partial charge on any atom is -0.396 e. The molecule has 1 aromatic rings. The molecule has 104 valence electrons. The van der Waals surface area contributed by atoms with Gasteiger partial charge in [-0.2, -0.15) is 0 Å². The van der Waals surface area contributed by atoms with Crippen LogP contribution >= 0.6 is 23.2 Å². The second-order valence-electron chi connectivity index (χ2n) is 5.16. The van der Waals surface area contributed by atoms with Gasteiger partial charge in [0.25, 0.3) is 0 Å². The average Bonchev–Trinajstić information content (AvgIpc) is 3.11. The molecule has 1 aliphatic carbocycles. The molecule has 3 nitrogen and oxygen atoms in total. The summed E-state index contributed by atoms with van der Waals surface area (Å²) in [5.74, 6) is -0.0477. The van der Waals surface area contributed by atoms with E-state index in [9.17, 15) is 4.79 Å². The molecule has 1 saturated carbocycles. The Morgan fingerprint density at radius 3 is 2.68 bits per heavy atom. The van der Waals surface area contributed by atoms with Crippen LogP contribution in [0.1, 0.15) is 24.8 Å². The summed E-state index contributed by atoms with van der Waals surface area (Å²) in [5, 5.41) is 13.0. The first-order valence-electron chi connectivity index (χ1n) is 6.36. The van der Waals surface area contributed by atoms with Crippen molar-refractivity contribution in [3.63, 3.8) is 0 Å². The van der Waals surface area contributed by atoms with Crippen molar-refractivity contribution < 1.29 is 9.90 Å². The van der Waals surface area contributed by atoms with Gasteiger partial charge in [-0.25, -0.2) is 0 Å². The Bertz CT molecular complexity index is 473. The highest BCUT2D eigenvalue weighted by atomic mass is 35.5. The molecular weight excluding hydrogens is 285 g/mol. The van der Waals surface area contributed by atoms with Gasteiger partial charge in [0.05, 0.1) is 6.42 Å². The van der Waals surface area contributed by atoms with Crippen molar-refractivity contribution in [3.8, 4) is 0 Å². The van der Waals surface area contributed by atoms with Crippen molar-refractivity contribution in [1.82, 2.24) is 5.32 Å². The van der Waals surface area contributed by atoms with Crippen molar-refractivity contribution in [1.29, 1.82) is 0 Å². The number of amides is 1. The molecule has 0 atom stereocenters. The number of aliphatic hydroxyl groups excluding tert-OH is 1. The summed E-state index contributed by atoms with van der Waals surface area (Å²) in [5.41, 5.74) is 0.907. The van der Waals surface area contributed by atoms with Gasteiger partial charge in [-0.15, -0.1) is 0 Å². The second-order valence-corrected chi connectivity index (χ2v) is 6.01. The van der Waals surface area contributed by atoms with Crippen molar-refractivity contribution in [3.05, 3.63) is 33.8 Å². The molecule has 1 amide bonds. The lowest BCUT2D eigenvalue weighted by molar-refractivity contribution is -0.120. The largest absolute Gasteiger partial charge is 0.396 e. The molecule has 0 aliphatic heterocycles. The molecule has 0 radical (unpaired) electrons. The Hall–Kier alpha value is -0.770. The predicted octanol–water partition coefficient (Wildman–Crippen LogP) is 2.81. The van der Waals surface area contributed by atoms with E-state index < -0.39 is 0 Å². The van der Waals surface area contributed by atoms with Gasteiger partial charge < -0.3 is 10.4 Å². The van der Waals surface area contributed by atoms with Gasteiger partial charge in [0.1, 0.15) is 0 Å². The zero-order chi connectivity index (χ0) is 13.9. The van der Waals surface area contributed by atoms with Crippen LogP contribution in [0.15, 0.2) is 18.2 Å². The summed E-state index contributed by atoms with van der Waals surface area (Å²) < 4.78 is 0. The molecule has 2 N–H and O–H groups in total.